The zero-order chi connectivity index (χ0) is 13.0. The summed E-state index contributed by atoms with van der Waals surface area (Å²) in [5.41, 5.74) is 1.89. The summed E-state index contributed by atoms with van der Waals surface area (Å²) < 4.78 is 0. The van der Waals surface area contributed by atoms with Crippen molar-refractivity contribution < 1.29 is 5.11 Å². The molecule has 0 aliphatic carbocycles. The number of aliphatic hydroxyl groups excluding tert-OH is 1. The molecule has 1 nitrogen and oxygen atoms in total. The van der Waals surface area contributed by atoms with E-state index in [4.69, 9.17) is 11.6 Å². The van der Waals surface area contributed by atoms with Crippen molar-refractivity contribution in [2.24, 2.45) is 0 Å². The highest BCUT2D eigenvalue weighted by molar-refractivity contribution is 6.30. The van der Waals surface area contributed by atoms with Gasteiger partial charge in [-0.1, -0.05) is 60.1 Å². The van der Waals surface area contributed by atoms with Gasteiger partial charge in [0.25, 0.3) is 0 Å². The molecule has 0 heterocycles. The van der Waals surface area contributed by atoms with Crippen LogP contribution in [0, 0.1) is 0 Å². The van der Waals surface area contributed by atoms with Crippen LogP contribution in [0.25, 0.3) is 0 Å². The molecule has 1 N–H and O–H groups in total. The number of benzene rings is 2. The van der Waals surface area contributed by atoms with Gasteiger partial charge in [-0.2, -0.15) is 0 Å². The lowest BCUT2D eigenvalue weighted by atomic mass is 9.89. The largest absolute Gasteiger partial charge is 0.387 e. The van der Waals surface area contributed by atoms with Gasteiger partial charge < -0.3 is 5.11 Å². The molecule has 2 aromatic carbocycles. The van der Waals surface area contributed by atoms with Gasteiger partial charge in [-0.05, 0) is 23.3 Å². The van der Waals surface area contributed by atoms with E-state index in [1.165, 1.54) is 0 Å². The molecule has 92 valence electrons. The van der Waals surface area contributed by atoms with Crippen LogP contribution in [0.5, 0.6) is 0 Å². The van der Waals surface area contributed by atoms with Crippen LogP contribution in [0.3, 0.4) is 0 Å². The Labute approximate surface area is 112 Å². The van der Waals surface area contributed by atoms with Gasteiger partial charge in [0.05, 0.1) is 6.10 Å². The Hall–Kier alpha value is -1.57. The molecule has 18 heavy (non-hydrogen) atoms. The normalized spacial score (nSPS) is 13.9. The molecule has 0 spiro atoms. The van der Waals surface area contributed by atoms with E-state index in [0.717, 1.165) is 11.1 Å². The van der Waals surface area contributed by atoms with Crippen LogP contribution in [0.4, 0.5) is 0 Å². The van der Waals surface area contributed by atoms with Crippen molar-refractivity contribution in [3.8, 4) is 0 Å². The van der Waals surface area contributed by atoms with E-state index in [0.29, 0.717) is 5.02 Å². The lowest BCUT2D eigenvalue weighted by Crippen LogP contribution is -2.08. The second-order valence-corrected chi connectivity index (χ2v) is 4.60. The summed E-state index contributed by atoms with van der Waals surface area (Å²) in [5, 5.41) is 11.1. The number of halogens is 1. The molecule has 0 unspecified atom stereocenters. The maximum atomic E-state index is 10.4. The van der Waals surface area contributed by atoms with E-state index in [-0.39, 0.29) is 5.92 Å². The van der Waals surface area contributed by atoms with E-state index >= 15 is 0 Å². The van der Waals surface area contributed by atoms with Gasteiger partial charge in [-0.3, -0.25) is 0 Å². The fourth-order valence-corrected chi connectivity index (χ4v) is 2.12. The fourth-order valence-electron chi connectivity index (χ4n) is 1.99. The first-order valence-electron chi connectivity index (χ1n) is 5.83. The maximum Gasteiger partial charge on any atom is 0.0893 e. The molecule has 0 radical (unpaired) electrons. The average molecular weight is 259 g/mol. The first kappa shape index (κ1) is 12.9. The predicted molar refractivity (Wildman–Crippen MR) is 75.8 cm³/mol. The zero-order valence-electron chi connectivity index (χ0n) is 9.96. The summed E-state index contributed by atoms with van der Waals surface area (Å²) in [4.78, 5) is 0. The minimum Gasteiger partial charge on any atom is -0.387 e. The third kappa shape index (κ3) is 2.81. The lowest BCUT2D eigenvalue weighted by Gasteiger charge is -2.20. The topological polar surface area (TPSA) is 20.2 Å². The smallest absolute Gasteiger partial charge is 0.0893 e. The molecule has 0 aliphatic rings. The highest BCUT2D eigenvalue weighted by Gasteiger charge is 2.19. The van der Waals surface area contributed by atoms with Gasteiger partial charge >= 0.3 is 0 Å². The molecule has 0 amide bonds. The van der Waals surface area contributed by atoms with Crippen LogP contribution < -0.4 is 0 Å². The maximum absolute atomic E-state index is 10.4. The molecule has 0 bridgehead atoms. The molecular weight excluding hydrogens is 244 g/mol. The van der Waals surface area contributed by atoms with Crippen LogP contribution in [0.2, 0.25) is 5.02 Å². The Bertz CT molecular complexity index is 504. The van der Waals surface area contributed by atoms with E-state index in [1.54, 1.807) is 6.08 Å². The van der Waals surface area contributed by atoms with Crippen molar-refractivity contribution in [3.63, 3.8) is 0 Å². The molecule has 0 saturated heterocycles. The van der Waals surface area contributed by atoms with Gasteiger partial charge in [-0.25, -0.2) is 0 Å². The van der Waals surface area contributed by atoms with Crippen molar-refractivity contribution in [1.82, 2.24) is 0 Å². The fraction of sp³-hybridized carbons (Fsp3) is 0.125. The summed E-state index contributed by atoms with van der Waals surface area (Å²) >= 11 is 5.87. The highest BCUT2D eigenvalue weighted by Crippen LogP contribution is 2.32. The molecule has 0 aliphatic heterocycles. The highest BCUT2D eigenvalue weighted by atomic mass is 35.5. The standard InChI is InChI=1S/C16H15ClO/c1-2-15(12-8-10-14(17)11-9-12)16(18)13-6-4-3-5-7-13/h2-11,15-16,18H,1H2/t15-,16-/m0/s1. The first-order chi connectivity index (χ1) is 8.72. The summed E-state index contributed by atoms with van der Waals surface area (Å²) in [6.07, 6.45) is 1.17. The Morgan fingerprint density at radius 1 is 0.944 bits per heavy atom. The van der Waals surface area contributed by atoms with Crippen LogP contribution in [0.1, 0.15) is 23.1 Å². The molecule has 2 heteroatoms. The molecule has 2 atom stereocenters. The van der Waals surface area contributed by atoms with E-state index in [2.05, 4.69) is 6.58 Å². The lowest BCUT2D eigenvalue weighted by molar-refractivity contribution is 0.162. The molecule has 0 fully saturated rings. The summed E-state index contributed by atoms with van der Waals surface area (Å²) in [5.74, 6) is -0.135. The number of hydrogen-bond donors (Lipinski definition) is 1. The number of hydrogen-bond acceptors (Lipinski definition) is 1. The van der Waals surface area contributed by atoms with Crippen molar-refractivity contribution in [2.45, 2.75) is 12.0 Å². The van der Waals surface area contributed by atoms with E-state index in [1.807, 2.05) is 54.6 Å². The Morgan fingerprint density at radius 3 is 2.11 bits per heavy atom. The van der Waals surface area contributed by atoms with Gasteiger partial charge in [0.15, 0.2) is 0 Å². The quantitative estimate of drug-likeness (QED) is 0.809. The Morgan fingerprint density at radius 2 is 1.56 bits per heavy atom. The summed E-state index contributed by atoms with van der Waals surface area (Å²) in [6, 6.07) is 17.1. The molecule has 2 aromatic rings. The van der Waals surface area contributed by atoms with Crippen LogP contribution in [-0.4, -0.2) is 5.11 Å². The second kappa shape index (κ2) is 5.85. The van der Waals surface area contributed by atoms with E-state index < -0.39 is 6.10 Å². The third-order valence-corrected chi connectivity index (χ3v) is 3.24. The van der Waals surface area contributed by atoms with Crippen LogP contribution in [0.15, 0.2) is 67.3 Å². The van der Waals surface area contributed by atoms with Crippen LogP contribution >= 0.6 is 11.6 Å². The van der Waals surface area contributed by atoms with Crippen LogP contribution in [-0.2, 0) is 0 Å². The minimum absolute atomic E-state index is 0.135. The predicted octanol–water partition coefficient (Wildman–Crippen LogP) is 4.34. The first-order valence-corrected chi connectivity index (χ1v) is 6.21. The van der Waals surface area contributed by atoms with Gasteiger partial charge in [0.1, 0.15) is 0 Å². The SMILES string of the molecule is C=C[C@@H](c1ccc(Cl)cc1)[C@@H](O)c1ccccc1. The van der Waals surface area contributed by atoms with Crippen molar-refractivity contribution >= 4 is 11.6 Å². The molecule has 0 aromatic heterocycles. The molecule has 2 rings (SSSR count). The summed E-state index contributed by atoms with van der Waals surface area (Å²) in [7, 11) is 0. The monoisotopic (exact) mass is 258 g/mol. The second-order valence-electron chi connectivity index (χ2n) is 4.17. The van der Waals surface area contributed by atoms with E-state index in [9.17, 15) is 5.11 Å². The Balaban J connectivity index is 2.29. The van der Waals surface area contributed by atoms with Gasteiger partial charge in [0, 0.05) is 10.9 Å². The molecular formula is C16H15ClO. The van der Waals surface area contributed by atoms with Crippen molar-refractivity contribution in [2.75, 3.05) is 0 Å². The molecule has 0 saturated carbocycles. The van der Waals surface area contributed by atoms with Crippen molar-refractivity contribution in [3.05, 3.63) is 83.4 Å². The zero-order valence-corrected chi connectivity index (χ0v) is 10.7. The van der Waals surface area contributed by atoms with Gasteiger partial charge in [0.2, 0.25) is 0 Å². The number of aliphatic hydroxyl groups is 1. The van der Waals surface area contributed by atoms with Crippen molar-refractivity contribution in [1.29, 1.82) is 0 Å². The third-order valence-electron chi connectivity index (χ3n) is 2.99. The average Bonchev–Trinajstić information content (AvgIpc) is 2.42. The minimum atomic E-state index is -0.593. The summed E-state index contributed by atoms with van der Waals surface area (Å²) in [6.45, 7) is 3.81. The Kier molecular flexibility index (Phi) is 4.19. The number of rotatable bonds is 4. The van der Waals surface area contributed by atoms with Gasteiger partial charge in [-0.15, -0.1) is 6.58 Å².